The zero-order chi connectivity index (χ0) is 21.6. The highest BCUT2D eigenvalue weighted by molar-refractivity contribution is 6.01. The Morgan fingerprint density at radius 3 is 2.58 bits per heavy atom. The fourth-order valence-electron chi connectivity index (χ4n) is 4.11. The summed E-state index contributed by atoms with van der Waals surface area (Å²) in [6, 6.07) is 7.72. The first-order chi connectivity index (χ1) is 14.9. The van der Waals surface area contributed by atoms with Crippen LogP contribution in [0, 0.1) is 6.92 Å². The van der Waals surface area contributed by atoms with Gasteiger partial charge in [0.15, 0.2) is 5.82 Å². The van der Waals surface area contributed by atoms with Crippen LogP contribution in [0.3, 0.4) is 0 Å². The molecule has 0 spiro atoms. The lowest BCUT2D eigenvalue weighted by atomic mass is 9.93. The zero-order valence-electron chi connectivity index (χ0n) is 17.3. The molecule has 2 aromatic heterocycles. The van der Waals surface area contributed by atoms with Gasteiger partial charge < -0.3 is 9.88 Å². The molecule has 31 heavy (non-hydrogen) atoms. The number of alkyl halides is 2. The first kappa shape index (κ1) is 19.8. The normalized spacial score (nSPS) is 18.7. The molecule has 0 bridgehead atoms. The Hall–Kier alpha value is -3.10. The van der Waals surface area contributed by atoms with E-state index in [-0.39, 0.29) is 31.8 Å². The van der Waals surface area contributed by atoms with Crippen molar-refractivity contribution in [3.8, 4) is 22.6 Å². The number of aromatic amines is 1. The maximum absolute atomic E-state index is 13.6. The van der Waals surface area contributed by atoms with Crippen molar-refractivity contribution >= 4 is 5.91 Å². The van der Waals surface area contributed by atoms with Gasteiger partial charge in [-0.05, 0) is 44.4 Å². The summed E-state index contributed by atoms with van der Waals surface area (Å²) in [5.41, 5.74) is 2.61. The van der Waals surface area contributed by atoms with Crippen molar-refractivity contribution in [1.29, 1.82) is 0 Å². The molecule has 3 heterocycles. The Balaban J connectivity index is 1.52. The second-order valence-electron chi connectivity index (χ2n) is 8.43. The minimum Gasteiger partial charge on any atom is -0.338 e. The molecule has 1 saturated heterocycles. The third kappa shape index (κ3) is 3.84. The van der Waals surface area contributed by atoms with Crippen LogP contribution in [0.4, 0.5) is 8.78 Å². The van der Waals surface area contributed by atoms with Gasteiger partial charge in [0.2, 0.25) is 0 Å². The maximum Gasteiger partial charge on any atom is 0.254 e. The summed E-state index contributed by atoms with van der Waals surface area (Å²) in [6.45, 7) is 1.91. The number of aryl methyl sites for hydroxylation is 1. The minimum absolute atomic E-state index is 0.0465. The molecule has 3 aromatic rings. The van der Waals surface area contributed by atoms with Gasteiger partial charge in [-0.2, -0.15) is 5.10 Å². The number of amides is 1. The van der Waals surface area contributed by atoms with Crippen molar-refractivity contribution in [2.45, 2.75) is 51.0 Å². The highest BCUT2D eigenvalue weighted by Gasteiger charge is 2.36. The van der Waals surface area contributed by atoms with E-state index in [1.807, 2.05) is 29.9 Å². The predicted octanol–water partition coefficient (Wildman–Crippen LogP) is 4.24. The summed E-state index contributed by atoms with van der Waals surface area (Å²) < 4.78 is 29.1. The number of halogens is 2. The molecule has 5 rings (SSSR count). The number of benzene rings is 1. The number of carbonyl (C=O) groups is 1. The van der Waals surface area contributed by atoms with Crippen LogP contribution in [0.25, 0.3) is 22.6 Å². The summed E-state index contributed by atoms with van der Waals surface area (Å²) in [4.78, 5) is 17.9. The topological polar surface area (TPSA) is 79.7 Å². The van der Waals surface area contributed by atoms with Crippen LogP contribution in [0.5, 0.6) is 0 Å². The van der Waals surface area contributed by atoms with Gasteiger partial charge in [-0.25, -0.2) is 8.78 Å². The number of likely N-dealkylation sites (tertiary alicyclic amines) is 1. The molecule has 2 fully saturated rings. The molecule has 1 amide bonds. The Bertz CT molecular complexity index is 1110. The monoisotopic (exact) mass is 426 g/mol. The number of aromatic nitrogens is 5. The molecule has 1 N–H and O–H groups in total. The van der Waals surface area contributed by atoms with E-state index >= 15 is 0 Å². The van der Waals surface area contributed by atoms with Gasteiger partial charge in [0, 0.05) is 48.8 Å². The standard InChI is InChI=1S/C22H24F2N6O/c1-14-25-20(27-26-14)15-5-6-17(21(31)29-11-8-22(23,24)9-12-29)18(13-15)19-7-10-30(28-19)16-3-2-4-16/h5-7,10,13,16H,2-4,8-9,11-12H2,1H3,(H,25,26,27). The van der Waals surface area contributed by atoms with Crippen molar-refractivity contribution in [3.63, 3.8) is 0 Å². The Morgan fingerprint density at radius 2 is 1.94 bits per heavy atom. The van der Waals surface area contributed by atoms with Crippen LogP contribution in [-0.2, 0) is 0 Å². The number of hydrogen-bond donors (Lipinski definition) is 1. The van der Waals surface area contributed by atoms with E-state index in [1.54, 1.807) is 12.1 Å². The molecule has 2 aliphatic rings. The van der Waals surface area contributed by atoms with Crippen LogP contribution in [-0.4, -0.2) is 54.8 Å². The summed E-state index contributed by atoms with van der Waals surface area (Å²) in [6.07, 6.45) is 4.74. The quantitative estimate of drug-likeness (QED) is 0.677. The fraction of sp³-hybridized carbons (Fsp3) is 0.455. The van der Waals surface area contributed by atoms with Gasteiger partial charge in [0.05, 0.1) is 11.7 Å². The van der Waals surface area contributed by atoms with Gasteiger partial charge >= 0.3 is 0 Å². The lowest BCUT2D eigenvalue weighted by Gasteiger charge is -2.32. The number of hydrogen-bond acceptors (Lipinski definition) is 4. The zero-order valence-corrected chi connectivity index (χ0v) is 17.3. The summed E-state index contributed by atoms with van der Waals surface area (Å²) >= 11 is 0. The van der Waals surface area contributed by atoms with Gasteiger partial charge in [-0.1, -0.05) is 6.07 Å². The first-order valence-corrected chi connectivity index (χ1v) is 10.7. The largest absolute Gasteiger partial charge is 0.338 e. The fourth-order valence-corrected chi connectivity index (χ4v) is 4.11. The molecule has 1 aliphatic carbocycles. The number of H-pyrrole nitrogens is 1. The number of nitrogens with one attached hydrogen (secondary N) is 1. The molecule has 1 saturated carbocycles. The van der Waals surface area contributed by atoms with Crippen LogP contribution >= 0.6 is 0 Å². The smallest absolute Gasteiger partial charge is 0.254 e. The molecule has 7 nitrogen and oxygen atoms in total. The van der Waals surface area contributed by atoms with E-state index in [1.165, 1.54) is 11.3 Å². The number of piperidine rings is 1. The van der Waals surface area contributed by atoms with E-state index in [4.69, 9.17) is 5.10 Å². The molecular formula is C22H24F2N6O. The second-order valence-corrected chi connectivity index (χ2v) is 8.43. The second kappa shape index (κ2) is 7.55. The van der Waals surface area contributed by atoms with Gasteiger partial charge in [-0.3, -0.25) is 9.48 Å². The minimum atomic E-state index is -2.70. The van der Waals surface area contributed by atoms with Gasteiger partial charge in [0.25, 0.3) is 11.8 Å². The summed E-state index contributed by atoms with van der Waals surface area (Å²) in [5, 5.41) is 12.9. The van der Waals surface area contributed by atoms with Crippen LogP contribution in [0.15, 0.2) is 30.5 Å². The highest BCUT2D eigenvalue weighted by Crippen LogP contribution is 2.34. The lowest BCUT2D eigenvalue weighted by molar-refractivity contribution is -0.0494. The highest BCUT2D eigenvalue weighted by atomic mass is 19.3. The number of rotatable bonds is 4. The first-order valence-electron chi connectivity index (χ1n) is 10.7. The lowest BCUT2D eigenvalue weighted by Crippen LogP contribution is -2.42. The predicted molar refractivity (Wildman–Crippen MR) is 111 cm³/mol. The van der Waals surface area contributed by atoms with Crippen LogP contribution < -0.4 is 0 Å². The van der Waals surface area contributed by atoms with Crippen molar-refractivity contribution in [2.75, 3.05) is 13.1 Å². The third-order valence-corrected chi connectivity index (χ3v) is 6.24. The molecular weight excluding hydrogens is 402 g/mol. The van der Waals surface area contributed by atoms with Crippen molar-refractivity contribution < 1.29 is 13.6 Å². The van der Waals surface area contributed by atoms with E-state index in [2.05, 4.69) is 15.2 Å². The number of carbonyl (C=O) groups excluding carboxylic acids is 1. The number of nitrogens with zero attached hydrogens (tertiary/aromatic N) is 5. The summed E-state index contributed by atoms with van der Waals surface area (Å²) in [5.74, 6) is -1.65. The molecule has 1 aliphatic heterocycles. The van der Waals surface area contributed by atoms with E-state index in [0.29, 0.717) is 34.5 Å². The Labute approximate surface area is 178 Å². The average Bonchev–Trinajstić information content (AvgIpc) is 3.35. The van der Waals surface area contributed by atoms with E-state index in [9.17, 15) is 13.6 Å². The third-order valence-electron chi connectivity index (χ3n) is 6.24. The molecule has 0 atom stereocenters. The average molecular weight is 426 g/mol. The van der Waals surface area contributed by atoms with Crippen molar-refractivity contribution in [1.82, 2.24) is 29.9 Å². The van der Waals surface area contributed by atoms with Crippen LogP contribution in [0.2, 0.25) is 0 Å². The van der Waals surface area contributed by atoms with E-state index < -0.39 is 5.92 Å². The van der Waals surface area contributed by atoms with Crippen molar-refractivity contribution in [2.24, 2.45) is 0 Å². The van der Waals surface area contributed by atoms with Gasteiger partial charge in [-0.15, -0.1) is 10.2 Å². The molecule has 162 valence electrons. The summed E-state index contributed by atoms with van der Waals surface area (Å²) in [7, 11) is 0. The van der Waals surface area contributed by atoms with Crippen LogP contribution in [0.1, 0.15) is 54.3 Å². The Morgan fingerprint density at radius 1 is 1.16 bits per heavy atom. The van der Waals surface area contributed by atoms with E-state index in [0.717, 1.165) is 18.4 Å². The molecule has 0 radical (unpaired) electrons. The molecule has 0 unspecified atom stereocenters. The maximum atomic E-state index is 13.6. The molecule has 9 heteroatoms. The van der Waals surface area contributed by atoms with Crippen molar-refractivity contribution in [3.05, 3.63) is 41.9 Å². The Kier molecular flexibility index (Phi) is 4.83. The molecule has 1 aromatic carbocycles. The SMILES string of the molecule is Cc1nnc(-c2ccc(C(=O)N3CCC(F)(F)CC3)c(-c3ccn(C4CCC4)n3)c2)[nH]1. The van der Waals surface area contributed by atoms with Gasteiger partial charge in [0.1, 0.15) is 5.82 Å².